The van der Waals surface area contributed by atoms with Gasteiger partial charge in [0.05, 0.1) is 25.4 Å². The summed E-state index contributed by atoms with van der Waals surface area (Å²) in [5, 5.41) is 58.1. The number of hydrogen-bond donors (Lipinski definition) is 6. The summed E-state index contributed by atoms with van der Waals surface area (Å²) in [6.45, 7) is 2.82. The molecule has 0 aromatic heterocycles. The molecular formula is C16H31ClO10. The van der Waals surface area contributed by atoms with E-state index in [-0.39, 0.29) is 6.61 Å². The third kappa shape index (κ3) is 7.33. The van der Waals surface area contributed by atoms with Crippen molar-refractivity contribution in [2.75, 3.05) is 19.1 Å². The summed E-state index contributed by atoms with van der Waals surface area (Å²) < 4.78 is 21.5. The zero-order valence-electron chi connectivity index (χ0n) is 15.4. The van der Waals surface area contributed by atoms with Crippen LogP contribution in [0, 0.1) is 0 Å². The largest absolute Gasteiger partial charge is 0.394 e. The fourth-order valence-corrected chi connectivity index (χ4v) is 2.70. The van der Waals surface area contributed by atoms with Crippen molar-refractivity contribution in [2.24, 2.45) is 0 Å². The van der Waals surface area contributed by atoms with E-state index < -0.39 is 62.1 Å². The molecule has 0 saturated carbocycles. The summed E-state index contributed by atoms with van der Waals surface area (Å²) in [5.41, 5.74) is 0. The minimum atomic E-state index is -1.96. The summed E-state index contributed by atoms with van der Waals surface area (Å²) in [5.74, 6) is 0.320. The van der Waals surface area contributed by atoms with Crippen molar-refractivity contribution >= 4 is 11.6 Å². The highest BCUT2D eigenvalue weighted by Gasteiger charge is 2.44. The van der Waals surface area contributed by atoms with Crippen LogP contribution in [0.1, 0.15) is 26.7 Å². The Morgan fingerprint density at radius 3 is 2.30 bits per heavy atom. The molecule has 1 saturated heterocycles. The number of aliphatic hydroxyl groups excluding tert-OH is 5. The standard InChI is InChI=1S/C16H31ClO10/c1-3-9-11(19)12(20)13(21)15(26-9)25-8(2)10(7-18)27-16(14(22)23)24-6-4-5-17/h8-16,18-23H,3-7H2,1-2H3/t8-,9?,10?,11?,12?,13?,15?,16?/m0/s1. The average molecular weight is 419 g/mol. The Labute approximate surface area is 163 Å². The van der Waals surface area contributed by atoms with E-state index in [2.05, 4.69) is 0 Å². The Morgan fingerprint density at radius 2 is 1.78 bits per heavy atom. The maximum atomic E-state index is 10.1. The van der Waals surface area contributed by atoms with Crippen LogP contribution in [0.2, 0.25) is 0 Å². The van der Waals surface area contributed by atoms with Crippen molar-refractivity contribution in [3.63, 3.8) is 0 Å². The molecule has 27 heavy (non-hydrogen) atoms. The van der Waals surface area contributed by atoms with Crippen LogP contribution in [0.5, 0.6) is 0 Å². The third-order valence-corrected chi connectivity index (χ3v) is 4.50. The second-order valence-corrected chi connectivity index (χ2v) is 6.69. The molecule has 6 N–H and O–H groups in total. The molecule has 0 aromatic carbocycles. The molecule has 1 rings (SSSR count). The lowest BCUT2D eigenvalue weighted by atomic mass is 9.97. The first kappa shape index (κ1) is 24.9. The van der Waals surface area contributed by atoms with Crippen LogP contribution in [0.4, 0.5) is 0 Å². The molecule has 0 amide bonds. The second-order valence-electron chi connectivity index (χ2n) is 6.32. The van der Waals surface area contributed by atoms with Gasteiger partial charge in [0.15, 0.2) is 6.29 Å². The smallest absolute Gasteiger partial charge is 0.209 e. The van der Waals surface area contributed by atoms with Gasteiger partial charge in [0, 0.05) is 5.88 Å². The highest BCUT2D eigenvalue weighted by atomic mass is 35.5. The molecule has 0 aromatic rings. The molecule has 0 aliphatic carbocycles. The van der Waals surface area contributed by atoms with Gasteiger partial charge in [0.25, 0.3) is 0 Å². The number of hydrogen-bond acceptors (Lipinski definition) is 10. The van der Waals surface area contributed by atoms with Gasteiger partial charge in [-0.2, -0.15) is 0 Å². The second kappa shape index (κ2) is 12.5. The van der Waals surface area contributed by atoms with E-state index in [1.807, 2.05) is 0 Å². The van der Waals surface area contributed by atoms with Crippen LogP contribution in [0.25, 0.3) is 0 Å². The first-order valence-electron chi connectivity index (χ1n) is 8.91. The van der Waals surface area contributed by atoms with Crippen LogP contribution in [0.3, 0.4) is 0 Å². The number of rotatable bonds is 12. The normalized spacial score (nSPS) is 32.4. The van der Waals surface area contributed by atoms with E-state index in [1.165, 1.54) is 6.92 Å². The van der Waals surface area contributed by atoms with Gasteiger partial charge in [-0.15, -0.1) is 11.6 Å². The molecule has 1 aliphatic rings. The maximum Gasteiger partial charge on any atom is 0.209 e. The number of aliphatic hydroxyl groups is 6. The van der Waals surface area contributed by atoms with Crippen LogP contribution in [0.15, 0.2) is 0 Å². The molecule has 11 heteroatoms. The van der Waals surface area contributed by atoms with Gasteiger partial charge in [0.2, 0.25) is 12.6 Å². The zero-order chi connectivity index (χ0) is 20.6. The first-order chi connectivity index (χ1) is 12.8. The van der Waals surface area contributed by atoms with Gasteiger partial charge < -0.3 is 49.6 Å². The van der Waals surface area contributed by atoms with E-state index in [0.717, 1.165) is 0 Å². The van der Waals surface area contributed by atoms with Gasteiger partial charge in [-0.1, -0.05) is 6.92 Å². The molecule has 0 bridgehead atoms. The topological polar surface area (TPSA) is 158 Å². The molecular weight excluding hydrogens is 388 g/mol. The third-order valence-electron chi connectivity index (χ3n) is 4.24. The van der Waals surface area contributed by atoms with Gasteiger partial charge >= 0.3 is 0 Å². The zero-order valence-corrected chi connectivity index (χ0v) is 16.2. The van der Waals surface area contributed by atoms with E-state index in [4.69, 9.17) is 30.5 Å². The Bertz CT molecular complexity index is 399. The van der Waals surface area contributed by atoms with Gasteiger partial charge in [-0.3, -0.25) is 0 Å². The Morgan fingerprint density at radius 1 is 1.11 bits per heavy atom. The number of halogens is 1. The molecule has 162 valence electrons. The summed E-state index contributed by atoms with van der Waals surface area (Å²) in [6.07, 6.45) is -10.7. The average Bonchev–Trinajstić information content (AvgIpc) is 2.64. The molecule has 7 unspecified atom stereocenters. The van der Waals surface area contributed by atoms with Crippen molar-refractivity contribution < 1.29 is 49.6 Å². The Balaban J connectivity index is 2.69. The van der Waals surface area contributed by atoms with Crippen LogP contribution >= 0.6 is 11.6 Å². The van der Waals surface area contributed by atoms with Crippen molar-refractivity contribution in [2.45, 2.75) is 82.2 Å². The predicted octanol–water partition coefficient (Wildman–Crippen LogP) is -1.73. The van der Waals surface area contributed by atoms with E-state index in [1.54, 1.807) is 6.92 Å². The van der Waals surface area contributed by atoms with Crippen molar-refractivity contribution in [1.82, 2.24) is 0 Å². The fourth-order valence-electron chi connectivity index (χ4n) is 2.59. The highest BCUT2D eigenvalue weighted by Crippen LogP contribution is 2.25. The van der Waals surface area contributed by atoms with Gasteiger partial charge in [-0.05, 0) is 19.8 Å². The van der Waals surface area contributed by atoms with E-state index >= 15 is 0 Å². The minimum Gasteiger partial charge on any atom is -0.394 e. The molecule has 1 aliphatic heterocycles. The lowest BCUT2D eigenvalue weighted by Crippen LogP contribution is -2.59. The van der Waals surface area contributed by atoms with Crippen molar-refractivity contribution in [3.8, 4) is 0 Å². The van der Waals surface area contributed by atoms with Crippen LogP contribution in [-0.2, 0) is 18.9 Å². The molecule has 1 fully saturated rings. The quantitative estimate of drug-likeness (QED) is 0.122. The van der Waals surface area contributed by atoms with Gasteiger partial charge in [-0.25, -0.2) is 0 Å². The SMILES string of the molecule is CCC1OC(O[C@@H](C)C(CO)OC(OCCCCl)C(O)O)C(O)C(O)C1O. The fraction of sp³-hybridized carbons (Fsp3) is 1.00. The van der Waals surface area contributed by atoms with E-state index in [0.29, 0.717) is 18.7 Å². The van der Waals surface area contributed by atoms with Crippen molar-refractivity contribution in [3.05, 3.63) is 0 Å². The number of alkyl halides is 1. The Hall–Kier alpha value is -0.110. The molecule has 0 spiro atoms. The lowest BCUT2D eigenvalue weighted by molar-refractivity contribution is -0.327. The van der Waals surface area contributed by atoms with Crippen LogP contribution in [-0.4, -0.2) is 105 Å². The molecule has 10 nitrogen and oxygen atoms in total. The van der Waals surface area contributed by atoms with Crippen LogP contribution < -0.4 is 0 Å². The predicted molar refractivity (Wildman–Crippen MR) is 92.8 cm³/mol. The van der Waals surface area contributed by atoms with Crippen molar-refractivity contribution in [1.29, 1.82) is 0 Å². The Kier molecular flexibility index (Phi) is 11.5. The highest BCUT2D eigenvalue weighted by molar-refractivity contribution is 6.17. The summed E-state index contributed by atoms with van der Waals surface area (Å²) in [4.78, 5) is 0. The monoisotopic (exact) mass is 418 g/mol. The molecule has 8 atom stereocenters. The maximum absolute atomic E-state index is 10.1. The number of ether oxygens (including phenoxy) is 4. The molecule has 0 radical (unpaired) electrons. The summed E-state index contributed by atoms with van der Waals surface area (Å²) in [7, 11) is 0. The summed E-state index contributed by atoms with van der Waals surface area (Å²) >= 11 is 5.53. The van der Waals surface area contributed by atoms with Gasteiger partial charge in [0.1, 0.15) is 24.4 Å². The summed E-state index contributed by atoms with van der Waals surface area (Å²) in [6, 6.07) is 0. The van der Waals surface area contributed by atoms with E-state index in [9.17, 15) is 30.6 Å². The molecule has 1 heterocycles. The first-order valence-corrected chi connectivity index (χ1v) is 9.45. The lowest BCUT2D eigenvalue weighted by Gasteiger charge is -2.41. The minimum absolute atomic E-state index is 0.117.